The van der Waals surface area contributed by atoms with Gasteiger partial charge in [0, 0.05) is 5.56 Å². The van der Waals surface area contributed by atoms with Gasteiger partial charge in [0.25, 0.3) is 0 Å². The highest BCUT2D eigenvalue weighted by Crippen LogP contribution is 2.42. The fraction of sp³-hybridized carbons (Fsp3) is 0.462. The maximum Gasteiger partial charge on any atom is 0.452 e. The molecular weight excluding hydrogens is 268 g/mol. The van der Waals surface area contributed by atoms with Crippen molar-refractivity contribution < 1.29 is 14.3 Å². The number of fused-ring (bicyclic) bond motifs is 1. The summed E-state index contributed by atoms with van der Waals surface area (Å²) < 4.78 is 10.2. The molecule has 1 unspecified atom stereocenters. The van der Waals surface area contributed by atoms with E-state index in [1.165, 1.54) is 7.11 Å². The molecule has 1 amide bonds. The molecule has 1 aromatic rings. The number of amides is 1. The monoisotopic (exact) mass is 282 g/mol. The first-order valence-electron chi connectivity index (χ1n) is 6.01. The van der Waals surface area contributed by atoms with Crippen molar-refractivity contribution >= 4 is 23.4 Å². The van der Waals surface area contributed by atoms with Gasteiger partial charge in [-0.25, -0.2) is 4.79 Å². The van der Waals surface area contributed by atoms with Gasteiger partial charge in [-0.1, -0.05) is 16.7 Å². The molecule has 0 aromatic heterocycles. The smallest absolute Gasteiger partial charge is 0.452 e. The van der Waals surface area contributed by atoms with Crippen LogP contribution < -0.4 is 4.74 Å². The lowest BCUT2D eigenvalue weighted by molar-refractivity contribution is 0.180. The predicted molar refractivity (Wildman–Crippen MR) is 71.5 cm³/mol. The Morgan fingerprint density at radius 3 is 3.00 bits per heavy atom. The summed E-state index contributed by atoms with van der Waals surface area (Å²) in [4.78, 5) is 11.0. The number of nitrogens with zero attached hydrogens (tertiary/aromatic N) is 2. The van der Waals surface area contributed by atoms with Crippen molar-refractivity contribution in [3.05, 3.63) is 22.2 Å². The summed E-state index contributed by atoms with van der Waals surface area (Å²) in [6.07, 6.45) is 1.09. The van der Waals surface area contributed by atoms with Crippen LogP contribution in [-0.4, -0.2) is 19.3 Å². The van der Waals surface area contributed by atoms with Gasteiger partial charge in [-0.2, -0.15) is 0 Å². The van der Waals surface area contributed by atoms with Crippen LogP contribution in [0.3, 0.4) is 0 Å². The average Bonchev–Trinajstić information content (AvgIpc) is 2.40. The molecule has 6 heteroatoms. The van der Waals surface area contributed by atoms with Crippen LogP contribution in [0.4, 0.5) is 10.5 Å². The van der Waals surface area contributed by atoms with Gasteiger partial charge in [-0.05, 0) is 38.3 Å². The van der Waals surface area contributed by atoms with Gasteiger partial charge in [0.05, 0.1) is 18.2 Å². The summed E-state index contributed by atoms with van der Waals surface area (Å²) in [5, 5.41) is 8.04. The number of azo groups is 1. The zero-order valence-electron chi connectivity index (χ0n) is 11.1. The molecular formula is C13H15ClN2O3. The maximum atomic E-state index is 11.0. The molecule has 1 aliphatic heterocycles. The Hall–Kier alpha value is -1.62. The lowest BCUT2D eigenvalue weighted by atomic mass is 9.99. The lowest BCUT2D eigenvalue weighted by Crippen LogP contribution is -2.19. The minimum atomic E-state index is -0.745. The summed E-state index contributed by atoms with van der Waals surface area (Å²) in [6.45, 7) is 3.87. The maximum absolute atomic E-state index is 11.0. The zero-order valence-corrected chi connectivity index (χ0v) is 11.8. The van der Waals surface area contributed by atoms with E-state index >= 15 is 0 Å². The molecule has 1 atom stereocenters. The number of methoxy groups -OCH3 is 1. The third kappa shape index (κ3) is 2.87. The van der Waals surface area contributed by atoms with Crippen molar-refractivity contribution in [2.24, 2.45) is 10.2 Å². The molecule has 1 aliphatic rings. The molecule has 102 valence electrons. The number of hydrogen-bond acceptors (Lipinski definition) is 4. The second-order valence-corrected chi connectivity index (χ2v) is 4.85. The molecule has 0 radical (unpaired) electrons. The number of halogens is 1. The quantitative estimate of drug-likeness (QED) is 0.725. The zero-order chi connectivity index (χ0) is 14.0. The van der Waals surface area contributed by atoms with Crippen LogP contribution >= 0.6 is 11.6 Å². The first-order valence-corrected chi connectivity index (χ1v) is 6.39. The Morgan fingerprint density at radius 1 is 1.58 bits per heavy atom. The van der Waals surface area contributed by atoms with Gasteiger partial charge in [0.15, 0.2) is 5.75 Å². The van der Waals surface area contributed by atoms with Crippen LogP contribution in [-0.2, 0) is 11.2 Å². The Morgan fingerprint density at radius 2 is 2.32 bits per heavy atom. The van der Waals surface area contributed by atoms with E-state index in [0.717, 1.165) is 24.0 Å². The first-order chi connectivity index (χ1) is 9.02. The Balaban J connectivity index is 2.46. The molecule has 0 aliphatic carbocycles. The van der Waals surface area contributed by atoms with Gasteiger partial charge in [-0.15, -0.1) is 5.11 Å². The van der Waals surface area contributed by atoms with Gasteiger partial charge < -0.3 is 9.47 Å². The van der Waals surface area contributed by atoms with Crippen molar-refractivity contribution in [2.45, 2.75) is 32.8 Å². The van der Waals surface area contributed by atoms with E-state index in [2.05, 4.69) is 15.0 Å². The van der Waals surface area contributed by atoms with Crippen LogP contribution in [0.1, 0.15) is 24.5 Å². The average molecular weight is 283 g/mol. The summed E-state index contributed by atoms with van der Waals surface area (Å²) in [7, 11) is 1.25. The van der Waals surface area contributed by atoms with E-state index in [4.69, 9.17) is 16.3 Å². The Kier molecular flexibility index (Phi) is 4.04. The Bertz CT molecular complexity index is 543. The lowest BCUT2D eigenvalue weighted by Gasteiger charge is -2.25. The van der Waals surface area contributed by atoms with E-state index in [1.807, 2.05) is 13.8 Å². The normalized spacial score (nSPS) is 18.0. The van der Waals surface area contributed by atoms with Gasteiger partial charge in [0.1, 0.15) is 5.69 Å². The number of benzene rings is 1. The van der Waals surface area contributed by atoms with Crippen LogP contribution in [0, 0.1) is 6.92 Å². The van der Waals surface area contributed by atoms with Crippen molar-refractivity contribution in [1.29, 1.82) is 0 Å². The van der Waals surface area contributed by atoms with E-state index in [-0.39, 0.29) is 6.10 Å². The minimum Gasteiger partial charge on any atom is -0.488 e. The molecule has 0 bridgehead atoms. The van der Waals surface area contributed by atoms with E-state index in [1.54, 1.807) is 6.07 Å². The van der Waals surface area contributed by atoms with Crippen LogP contribution in [0.25, 0.3) is 0 Å². The molecule has 0 saturated carbocycles. The Labute approximate surface area is 116 Å². The highest BCUT2D eigenvalue weighted by Gasteiger charge is 2.23. The summed E-state index contributed by atoms with van der Waals surface area (Å²) in [5.41, 5.74) is 2.32. The second-order valence-electron chi connectivity index (χ2n) is 4.47. The van der Waals surface area contributed by atoms with E-state index in [9.17, 15) is 4.79 Å². The van der Waals surface area contributed by atoms with Gasteiger partial charge in [-0.3, -0.25) is 0 Å². The molecule has 1 heterocycles. The first kappa shape index (κ1) is 13.8. The molecule has 2 rings (SSSR count). The van der Waals surface area contributed by atoms with Crippen LogP contribution in [0.5, 0.6) is 5.75 Å². The predicted octanol–water partition coefficient (Wildman–Crippen LogP) is 4.21. The van der Waals surface area contributed by atoms with Gasteiger partial charge >= 0.3 is 6.09 Å². The van der Waals surface area contributed by atoms with Crippen molar-refractivity contribution in [1.82, 2.24) is 0 Å². The number of hydrogen-bond donors (Lipinski definition) is 0. The molecule has 0 saturated heterocycles. The highest BCUT2D eigenvalue weighted by atomic mass is 35.5. The van der Waals surface area contributed by atoms with E-state index in [0.29, 0.717) is 16.5 Å². The molecule has 19 heavy (non-hydrogen) atoms. The van der Waals surface area contributed by atoms with Crippen LogP contribution in [0.2, 0.25) is 5.02 Å². The molecule has 5 nitrogen and oxygen atoms in total. The number of ether oxygens (including phenoxy) is 2. The molecule has 0 spiro atoms. The topological polar surface area (TPSA) is 60.2 Å². The van der Waals surface area contributed by atoms with Crippen molar-refractivity contribution in [3.63, 3.8) is 0 Å². The molecule has 1 aromatic carbocycles. The number of rotatable bonds is 1. The fourth-order valence-corrected chi connectivity index (χ4v) is 2.23. The van der Waals surface area contributed by atoms with Gasteiger partial charge in [0.2, 0.25) is 0 Å². The number of aryl methyl sites for hydroxylation is 1. The van der Waals surface area contributed by atoms with Crippen molar-refractivity contribution in [3.8, 4) is 5.75 Å². The van der Waals surface area contributed by atoms with E-state index < -0.39 is 6.09 Å². The second kappa shape index (κ2) is 5.57. The SMILES string of the molecule is COC(=O)/N=N/c1cc(C)c(Cl)c2c1OC(C)CC2. The third-order valence-electron chi connectivity index (χ3n) is 3.01. The number of carbonyl (C=O) groups excluding carboxylic acids is 1. The number of carbonyl (C=O) groups is 1. The molecule has 0 N–H and O–H groups in total. The standard InChI is InChI=1S/C13H15ClN2O3/c1-7-6-10(15-16-13(17)18-3)12-9(11(7)14)5-4-8(2)19-12/h6,8H,4-5H2,1-3H3/b16-15+. The molecule has 0 fully saturated rings. The largest absolute Gasteiger partial charge is 0.488 e. The highest BCUT2D eigenvalue weighted by molar-refractivity contribution is 6.32. The van der Waals surface area contributed by atoms with Crippen molar-refractivity contribution in [2.75, 3.05) is 7.11 Å². The summed E-state index contributed by atoms with van der Waals surface area (Å²) in [5.74, 6) is 0.613. The summed E-state index contributed by atoms with van der Waals surface area (Å²) >= 11 is 6.28. The minimum absolute atomic E-state index is 0.0957. The summed E-state index contributed by atoms with van der Waals surface area (Å²) in [6, 6.07) is 1.76. The fourth-order valence-electron chi connectivity index (χ4n) is 2.00. The third-order valence-corrected chi connectivity index (χ3v) is 3.53. The van der Waals surface area contributed by atoms with Crippen LogP contribution in [0.15, 0.2) is 16.3 Å².